The minimum atomic E-state index is -0.877. The zero-order valence-corrected chi connectivity index (χ0v) is 16.3. The van der Waals surface area contributed by atoms with Gasteiger partial charge in [-0.15, -0.1) is 11.3 Å². The molecule has 0 saturated heterocycles. The lowest BCUT2D eigenvalue weighted by atomic mass is 10.0. The van der Waals surface area contributed by atoms with E-state index in [1.54, 1.807) is 29.5 Å². The molecule has 0 aliphatic heterocycles. The van der Waals surface area contributed by atoms with Crippen LogP contribution < -0.4 is 4.74 Å². The van der Waals surface area contributed by atoms with Crippen molar-refractivity contribution >= 4 is 17.3 Å². The summed E-state index contributed by atoms with van der Waals surface area (Å²) < 4.78 is 5.80. The first-order valence-corrected chi connectivity index (χ1v) is 9.78. The van der Waals surface area contributed by atoms with Crippen LogP contribution in [-0.2, 0) is 17.6 Å². The highest BCUT2D eigenvalue weighted by Gasteiger charge is 2.10. The molecule has 1 N–H and O–H groups in total. The predicted octanol–water partition coefficient (Wildman–Crippen LogP) is 4.63. The number of nitriles is 1. The maximum atomic E-state index is 10.7. The van der Waals surface area contributed by atoms with E-state index in [1.807, 2.05) is 30.3 Å². The summed E-state index contributed by atoms with van der Waals surface area (Å²) in [5, 5.41) is 19.1. The molecular weight excluding hydrogens is 372 g/mol. The molecule has 0 aliphatic carbocycles. The number of carboxylic acid groups (broad SMARTS) is 1. The number of ether oxygens (including phenoxy) is 1. The number of carbonyl (C=O) groups is 1. The van der Waals surface area contributed by atoms with Crippen molar-refractivity contribution in [2.24, 2.45) is 0 Å². The van der Waals surface area contributed by atoms with Gasteiger partial charge >= 0.3 is 5.97 Å². The number of thiazole rings is 1. The van der Waals surface area contributed by atoms with Gasteiger partial charge < -0.3 is 9.84 Å². The fourth-order valence-corrected chi connectivity index (χ4v) is 3.80. The number of aliphatic carboxylic acids is 1. The molecule has 2 aromatic carbocycles. The molecule has 142 valence electrons. The minimum Gasteiger partial charge on any atom is -0.493 e. The first-order valence-electron chi connectivity index (χ1n) is 8.96. The summed E-state index contributed by atoms with van der Waals surface area (Å²) in [6.45, 7) is 2.52. The zero-order chi connectivity index (χ0) is 19.9. The molecule has 0 fully saturated rings. The van der Waals surface area contributed by atoms with Gasteiger partial charge in [-0.1, -0.05) is 36.4 Å². The highest BCUT2D eigenvalue weighted by molar-refractivity contribution is 7.15. The summed E-state index contributed by atoms with van der Waals surface area (Å²) in [6.07, 6.45) is 1.01. The van der Waals surface area contributed by atoms with Crippen molar-refractivity contribution < 1.29 is 14.6 Å². The van der Waals surface area contributed by atoms with Crippen LogP contribution in [-0.4, -0.2) is 22.7 Å². The lowest BCUT2D eigenvalue weighted by Gasteiger charge is -2.08. The van der Waals surface area contributed by atoms with E-state index >= 15 is 0 Å². The maximum absolute atomic E-state index is 10.7. The second-order valence-corrected chi connectivity index (χ2v) is 7.51. The average molecular weight is 392 g/mol. The molecule has 0 unspecified atom stereocenters. The van der Waals surface area contributed by atoms with E-state index in [4.69, 9.17) is 14.8 Å². The topological polar surface area (TPSA) is 83.2 Å². The molecule has 3 aromatic rings. The predicted molar refractivity (Wildman–Crippen MR) is 109 cm³/mol. The Bertz CT molecular complexity index is 1010. The SMILES string of the molecule is Cc1sc(-c2ccccc2)nc1CCOc1ccc(CCC(=O)O)c(C#N)c1. The summed E-state index contributed by atoms with van der Waals surface area (Å²) in [5.74, 6) is -0.274. The van der Waals surface area contributed by atoms with E-state index in [2.05, 4.69) is 13.0 Å². The van der Waals surface area contributed by atoms with Gasteiger partial charge in [-0.25, -0.2) is 4.98 Å². The molecule has 0 bridgehead atoms. The number of benzene rings is 2. The van der Waals surface area contributed by atoms with Crippen molar-refractivity contribution in [3.05, 3.63) is 70.2 Å². The molecule has 28 heavy (non-hydrogen) atoms. The van der Waals surface area contributed by atoms with Crippen LogP contribution in [0.15, 0.2) is 48.5 Å². The van der Waals surface area contributed by atoms with Gasteiger partial charge in [-0.3, -0.25) is 4.79 Å². The van der Waals surface area contributed by atoms with E-state index in [1.165, 1.54) is 4.88 Å². The van der Waals surface area contributed by atoms with Gasteiger partial charge in [0.05, 0.1) is 23.9 Å². The standard InChI is InChI=1S/C22H20N2O3S/c1-15-20(24-22(28-15)17-5-3-2-4-6-17)11-12-27-19-9-7-16(8-10-21(25)26)18(13-19)14-23/h2-7,9,13H,8,10-12H2,1H3,(H,25,26). The van der Waals surface area contributed by atoms with Crippen molar-refractivity contribution in [1.82, 2.24) is 4.98 Å². The quantitative estimate of drug-likeness (QED) is 0.604. The molecule has 1 aromatic heterocycles. The largest absolute Gasteiger partial charge is 0.493 e. The number of hydrogen-bond acceptors (Lipinski definition) is 5. The normalized spacial score (nSPS) is 10.4. The number of carboxylic acids is 1. The monoisotopic (exact) mass is 392 g/mol. The number of rotatable bonds is 8. The second-order valence-electron chi connectivity index (χ2n) is 6.31. The maximum Gasteiger partial charge on any atom is 0.303 e. The van der Waals surface area contributed by atoms with E-state index in [-0.39, 0.29) is 6.42 Å². The first-order chi connectivity index (χ1) is 13.6. The van der Waals surface area contributed by atoms with Crippen LogP contribution in [0.1, 0.15) is 28.1 Å². The molecule has 0 radical (unpaired) electrons. The van der Waals surface area contributed by atoms with Crippen LogP contribution >= 0.6 is 11.3 Å². The van der Waals surface area contributed by atoms with E-state index in [9.17, 15) is 10.1 Å². The Morgan fingerprint density at radius 2 is 2.00 bits per heavy atom. The molecule has 0 amide bonds. The smallest absolute Gasteiger partial charge is 0.303 e. The highest BCUT2D eigenvalue weighted by atomic mass is 32.1. The van der Waals surface area contributed by atoms with Gasteiger partial charge in [0.15, 0.2) is 0 Å². The Balaban J connectivity index is 1.61. The summed E-state index contributed by atoms with van der Waals surface area (Å²) in [5.41, 5.74) is 3.30. The van der Waals surface area contributed by atoms with Gasteiger partial charge in [0, 0.05) is 23.3 Å². The summed E-state index contributed by atoms with van der Waals surface area (Å²) in [4.78, 5) is 16.6. The Hall–Kier alpha value is -3.17. The molecular formula is C22H20N2O3S. The summed E-state index contributed by atoms with van der Waals surface area (Å²) in [7, 11) is 0. The molecule has 0 aliphatic rings. The van der Waals surface area contributed by atoms with Crippen LogP contribution in [0.25, 0.3) is 10.6 Å². The van der Waals surface area contributed by atoms with Crippen molar-refractivity contribution in [2.45, 2.75) is 26.2 Å². The van der Waals surface area contributed by atoms with Crippen molar-refractivity contribution in [1.29, 1.82) is 5.26 Å². The Kier molecular flexibility index (Phi) is 6.41. The second kappa shape index (κ2) is 9.16. The van der Waals surface area contributed by atoms with Crippen LogP contribution in [0, 0.1) is 18.3 Å². The lowest BCUT2D eigenvalue weighted by molar-refractivity contribution is -0.136. The van der Waals surface area contributed by atoms with E-state index < -0.39 is 5.97 Å². The molecule has 0 saturated carbocycles. The van der Waals surface area contributed by atoms with Crippen LogP contribution in [0.2, 0.25) is 0 Å². The van der Waals surface area contributed by atoms with Gasteiger partial charge in [-0.2, -0.15) is 5.26 Å². The molecule has 3 rings (SSSR count). The zero-order valence-electron chi connectivity index (χ0n) is 15.5. The average Bonchev–Trinajstić information content (AvgIpc) is 3.08. The fourth-order valence-electron chi connectivity index (χ4n) is 2.84. The lowest BCUT2D eigenvalue weighted by Crippen LogP contribution is -2.04. The number of aromatic nitrogens is 1. The number of hydrogen-bond donors (Lipinski definition) is 1. The van der Waals surface area contributed by atoms with Crippen molar-refractivity contribution in [3.8, 4) is 22.4 Å². The molecule has 0 atom stereocenters. The third kappa shape index (κ3) is 4.96. The highest BCUT2D eigenvalue weighted by Crippen LogP contribution is 2.28. The van der Waals surface area contributed by atoms with Crippen LogP contribution in [0.4, 0.5) is 0 Å². The first kappa shape index (κ1) is 19.6. The fraction of sp³-hybridized carbons (Fsp3) is 0.227. The third-order valence-corrected chi connectivity index (χ3v) is 5.39. The van der Waals surface area contributed by atoms with Gasteiger partial charge in [0.1, 0.15) is 10.8 Å². The summed E-state index contributed by atoms with van der Waals surface area (Å²) >= 11 is 1.67. The Morgan fingerprint density at radius 3 is 2.71 bits per heavy atom. The van der Waals surface area contributed by atoms with Gasteiger partial charge in [0.2, 0.25) is 0 Å². The third-order valence-electron chi connectivity index (χ3n) is 4.33. The van der Waals surface area contributed by atoms with E-state index in [0.29, 0.717) is 30.8 Å². The Labute approximate surface area is 167 Å². The van der Waals surface area contributed by atoms with Gasteiger partial charge in [-0.05, 0) is 31.0 Å². The molecule has 1 heterocycles. The van der Waals surface area contributed by atoms with Crippen LogP contribution in [0.5, 0.6) is 5.75 Å². The number of aryl methyl sites for hydroxylation is 2. The van der Waals surface area contributed by atoms with Crippen LogP contribution in [0.3, 0.4) is 0 Å². The minimum absolute atomic E-state index is 0.00172. The molecule has 5 nitrogen and oxygen atoms in total. The molecule has 6 heteroatoms. The Morgan fingerprint density at radius 1 is 1.21 bits per heavy atom. The van der Waals surface area contributed by atoms with Crippen molar-refractivity contribution in [2.75, 3.05) is 6.61 Å². The van der Waals surface area contributed by atoms with Gasteiger partial charge in [0.25, 0.3) is 0 Å². The number of nitrogens with zero attached hydrogens (tertiary/aromatic N) is 2. The summed E-state index contributed by atoms with van der Waals surface area (Å²) in [6, 6.07) is 17.4. The molecule has 0 spiro atoms. The van der Waals surface area contributed by atoms with Crippen molar-refractivity contribution in [3.63, 3.8) is 0 Å². The van der Waals surface area contributed by atoms with E-state index in [0.717, 1.165) is 21.8 Å².